The van der Waals surface area contributed by atoms with Crippen LogP contribution in [0.25, 0.3) is 0 Å². The third-order valence-corrected chi connectivity index (χ3v) is 5.48. The number of hydrogen-bond donors (Lipinski definition) is 2. The number of guanidine groups is 1. The Morgan fingerprint density at radius 1 is 1.35 bits per heavy atom. The van der Waals surface area contributed by atoms with Gasteiger partial charge in [0.15, 0.2) is 5.96 Å². The molecular weight excluding hydrogens is 344 g/mol. The van der Waals surface area contributed by atoms with Crippen LogP contribution in [0.15, 0.2) is 35.5 Å². The van der Waals surface area contributed by atoms with Crippen molar-refractivity contribution in [3.05, 3.63) is 45.9 Å². The topological polar surface area (TPSA) is 58.5 Å². The van der Waals surface area contributed by atoms with E-state index in [-0.39, 0.29) is 11.6 Å². The summed E-state index contributed by atoms with van der Waals surface area (Å²) < 4.78 is 6.13. The van der Waals surface area contributed by atoms with Crippen LogP contribution in [0.3, 0.4) is 0 Å². The molecule has 6 heteroatoms. The number of rotatable bonds is 5. The second-order valence-electron chi connectivity index (χ2n) is 7.07. The minimum Gasteiger partial charge on any atom is -0.487 e. The van der Waals surface area contributed by atoms with E-state index in [1.165, 1.54) is 10.4 Å². The Morgan fingerprint density at radius 2 is 2.15 bits per heavy atom. The Hall–Kier alpha value is -2.08. The van der Waals surface area contributed by atoms with E-state index >= 15 is 0 Å². The Morgan fingerprint density at radius 3 is 2.88 bits per heavy atom. The standard InChI is InChI=1S/C20H28N4OS/c1-5-14-12-22-18(26-14)13-23-19(21-6-2)24-16-11-20(3,4)25-17-10-8-7-9-15(16)17/h7-10,12,16H,5-6,11,13H2,1-4H3,(H2,21,23,24). The molecule has 0 bridgehead atoms. The predicted molar refractivity (Wildman–Crippen MR) is 108 cm³/mol. The average molecular weight is 373 g/mol. The summed E-state index contributed by atoms with van der Waals surface area (Å²) in [4.78, 5) is 10.5. The number of nitrogens with zero attached hydrogens (tertiary/aromatic N) is 2. The molecule has 0 spiro atoms. The highest BCUT2D eigenvalue weighted by atomic mass is 32.1. The first-order valence-corrected chi connectivity index (χ1v) is 10.1. The van der Waals surface area contributed by atoms with Gasteiger partial charge >= 0.3 is 0 Å². The fourth-order valence-electron chi connectivity index (χ4n) is 3.15. The van der Waals surface area contributed by atoms with Crippen LogP contribution < -0.4 is 15.4 Å². The second-order valence-corrected chi connectivity index (χ2v) is 8.27. The Labute approximate surface area is 159 Å². The zero-order chi connectivity index (χ0) is 18.6. The number of para-hydroxylation sites is 1. The second kappa shape index (κ2) is 8.08. The monoisotopic (exact) mass is 372 g/mol. The fraction of sp³-hybridized carbons (Fsp3) is 0.500. The first-order valence-electron chi connectivity index (χ1n) is 9.27. The van der Waals surface area contributed by atoms with Crippen LogP contribution >= 0.6 is 11.3 Å². The Balaban J connectivity index is 1.77. The van der Waals surface area contributed by atoms with E-state index in [0.29, 0.717) is 6.54 Å². The highest BCUT2D eigenvalue weighted by molar-refractivity contribution is 7.11. The van der Waals surface area contributed by atoms with Crippen molar-refractivity contribution in [1.82, 2.24) is 15.6 Å². The Bertz CT molecular complexity index is 769. The first kappa shape index (κ1) is 18.7. The number of aromatic nitrogens is 1. The maximum atomic E-state index is 6.13. The van der Waals surface area contributed by atoms with Crippen molar-refractivity contribution in [3.8, 4) is 5.75 Å². The normalized spacial score (nSPS) is 18.8. The number of ether oxygens (including phenoxy) is 1. The summed E-state index contributed by atoms with van der Waals surface area (Å²) in [6.07, 6.45) is 3.85. The lowest BCUT2D eigenvalue weighted by Crippen LogP contribution is -2.45. The third-order valence-electron chi connectivity index (χ3n) is 4.35. The number of benzene rings is 1. The van der Waals surface area contributed by atoms with E-state index in [9.17, 15) is 0 Å². The zero-order valence-corrected chi connectivity index (χ0v) is 16.8. The van der Waals surface area contributed by atoms with Crippen molar-refractivity contribution >= 4 is 17.3 Å². The number of fused-ring (bicyclic) bond motifs is 1. The molecule has 2 heterocycles. The smallest absolute Gasteiger partial charge is 0.192 e. The molecule has 1 aliphatic heterocycles. The van der Waals surface area contributed by atoms with Gasteiger partial charge in [0.25, 0.3) is 0 Å². The van der Waals surface area contributed by atoms with Gasteiger partial charge in [0, 0.05) is 29.6 Å². The number of aryl methyl sites for hydroxylation is 1. The average Bonchev–Trinajstić information content (AvgIpc) is 3.07. The van der Waals surface area contributed by atoms with Gasteiger partial charge < -0.3 is 15.4 Å². The minimum absolute atomic E-state index is 0.162. The van der Waals surface area contributed by atoms with Gasteiger partial charge in [-0.25, -0.2) is 9.98 Å². The van der Waals surface area contributed by atoms with Crippen LogP contribution in [0.2, 0.25) is 0 Å². The summed E-state index contributed by atoms with van der Waals surface area (Å²) in [6, 6.07) is 8.40. The summed E-state index contributed by atoms with van der Waals surface area (Å²) in [6.45, 7) is 9.90. The molecule has 0 aliphatic carbocycles. The number of thiazole rings is 1. The molecule has 2 N–H and O–H groups in total. The van der Waals surface area contributed by atoms with Gasteiger partial charge in [0.2, 0.25) is 0 Å². The molecule has 26 heavy (non-hydrogen) atoms. The summed E-state index contributed by atoms with van der Waals surface area (Å²) >= 11 is 1.73. The molecule has 1 unspecified atom stereocenters. The van der Waals surface area contributed by atoms with Crippen molar-refractivity contribution < 1.29 is 4.74 Å². The molecule has 0 amide bonds. The summed E-state index contributed by atoms with van der Waals surface area (Å²) in [5.74, 6) is 1.77. The van der Waals surface area contributed by atoms with E-state index in [2.05, 4.69) is 55.4 Å². The van der Waals surface area contributed by atoms with Crippen molar-refractivity contribution in [1.29, 1.82) is 0 Å². The maximum Gasteiger partial charge on any atom is 0.192 e. The maximum absolute atomic E-state index is 6.13. The van der Waals surface area contributed by atoms with Crippen molar-refractivity contribution in [2.75, 3.05) is 6.54 Å². The lowest BCUT2D eigenvalue weighted by molar-refractivity contribution is 0.0694. The minimum atomic E-state index is -0.214. The van der Waals surface area contributed by atoms with Crippen molar-refractivity contribution in [3.63, 3.8) is 0 Å². The van der Waals surface area contributed by atoms with E-state index in [4.69, 9.17) is 9.73 Å². The van der Waals surface area contributed by atoms with Crippen molar-refractivity contribution in [2.45, 2.75) is 58.7 Å². The van der Waals surface area contributed by atoms with Gasteiger partial charge in [0.1, 0.15) is 16.4 Å². The van der Waals surface area contributed by atoms with Gasteiger partial charge in [-0.15, -0.1) is 11.3 Å². The molecule has 1 atom stereocenters. The first-order chi connectivity index (χ1) is 12.5. The molecule has 0 radical (unpaired) electrons. The molecule has 3 rings (SSSR count). The number of nitrogens with one attached hydrogen (secondary N) is 2. The van der Waals surface area contributed by atoms with Crippen LogP contribution in [0.4, 0.5) is 0 Å². The van der Waals surface area contributed by atoms with Crippen LogP contribution in [0, 0.1) is 0 Å². The van der Waals surface area contributed by atoms with Gasteiger partial charge in [-0.1, -0.05) is 25.1 Å². The molecular formula is C20H28N4OS. The molecule has 5 nitrogen and oxygen atoms in total. The highest BCUT2D eigenvalue weighted by Crippen LogP contribution is 2.39. The lowest BCUT2D eigenvalue weighted by Gasteiger charge is -2.38. The van der Waals surface area contributed by atoms with E-state index in [0.717, 1.165) is 36.1 Å². The predicted octanol–water partition coefficient (Wildman–Crippen LogP) is 4.06. The van der Waals surface area contributed by atoms with Crippen LogP contribution in [-0.4, -0.2) is 23.1 Å². The van der Waals surface area contributed by atoms with Crippen molar-refractivity contribution in [2.24, 2.45) is 4.99 Å². The lowest BCUT2D eigenvalue weighted by atomic mass is 9.90. The van der Waals surface area contributed by atoms with E-state index in [1.54, 1.807) is 11.3 Å². The zero-order valence-electron chi connectivity index (χ0n) is 16.0. The quantitative estimate of drug-likeness (QED) is 0.614. The summed E-state index contributed by atoms with van der Waals surface area (Å²) in [7, 11) is 0. The molecule has 1 aromatic heterocycles. The van der Waals surface area contributed by atoms with Crippen LogP contribution in [0.5, 0.6) is 5.75 Å². The number of hydrogen-bond acceptors (Lipinski definition) is 4. The largest absolute Gasteiger partial charge is 0.487 e. The SMILES string of the molecule is CCNC(=NCc1ncc(CC)s1)NC1CC(C)(C)Oc2ccccc21. The summed E-state index contributed by atoms with van der Waals surface area (Å²) in [5, 5.41) is 8.00. The van der Waals surface area contributed by atoms with E-state index in [1.807, 2.05) is 18.3 Å². The molecule has 140 valence electrons. The molecule has 1 aliphatic rings. The van der Waals surface area contributed by atoms with Crippen LogP contribution in [0.1, 0.15) is 55.6 Å². The fourth-order valence-corrected chi connectivity index (χ4v) is 3.93. The van der Waals surface area contributed by atoms with Gasteiger partial charge in [-0.05, 0) is 33.3 Å². The summed E-state index contributed by atoms with van der Waals surface area (Å²) in [5.41, 5.74) is 0.967. The molecule has 0 fully saturated rings. The molecule has 1 aromatic carbocycles. The molecule has 0 saturated heterocycles. The molecule has 2 aromatic rings. The molecule has 0 saturated carbocycles. The van der Waals surface area contributed by atoms with Crippen LogP contribution in [-0.2, 0) is 13.0 Å². The van der Waals surface area contributed by atoms with Gasteiger partial charge in [0.05, 0.1) is 12.6 Å². The van der Waals surface area contributed by atoms with Gasteiger partial charge in [-0.2, -0.15) is 0 Å². The Kier molecular flexibility index (Phi) is 5.81. The van der Waals surface area contributed by atoms with Gasteiger partial charge in [-0.3, -0.25) is 0 Å². The number of aliphatic imine (C=N–C) groups is 1. The highest BCUT2D eigenvalue weighted by Gasteiger charge is 2.33. The third kappa shape index (κ3) is 4.55. The van der Waals surface area contributed by atoms with E-state index < -0.39 is 0 Å².